The maximum atomic E-state index is 12.6. The zero-order chi connectivity index (χ0) is 16.4. The number of benzene rings is 1. The first-order valence-electron chi connectivity index (χ1n) is 7.23. The van der Waals surface area contributed by atoms with E-state index in [0.717, 1.165) is 10.6 Å². The largest absolute Gasteiger partial charge is 0.325 e. The molecule has 0 bridgehead atoms. The molecular weight excluding hydrogens is 330 g/mol. The van der Waals surface area contributed by atoms with Gasteiger partial charge in [0.1, 0.15) is 0 Å². The SMILES string of the molecule is CSc1ccccc1NC(=O)[C@@H]1CSc2ncc(C)c(=O)n2C1. The van der Waals surface area contributed by atoms with Crippen LogP contribution in [0.25, 0.3) is 0 Å². The molecule has 0 spiro atoms. The fraction of sp³-hybridized carbons (Fsp3) is 0.312. The number of aromatic nitrogens is 2. The third-order valence-electron chi connectivity index (χ3n) is 3.73. The molecule has 0 radical (unpaired) electrons. The van der Waals surface area contributed by atoms with Crippen molar-refractivity contribution >= 4 is 35.1 Å². The van der Waals surface area contributed by atoms with Crippen LogP contribution in [-0.4, -0.2) is 27.5 Å². The first-order chi connectivity index (χ1) is 11.1. The predicted octanol–water partition coefficient (Wildman–Crippen LogP) is 2.63. The van der Waals surface area contributed by atoms with Gasteiger partial charge in [-0.1, -0.05) is 23.9 Å². The van der Waals surface area contributed by atoms with Crippen molar-refractivity contribution in [3.8, 4) is 0 Å². The predicted molar refractivity (Wildman–Crippen MR) is 94.3 cm³/mol. The van der Waals surface area contributed by atoms with Gasteiger partial charge in [0.25, 0.3) is 5.56 Å². The Hall–Kier alpha value is -1.73. The van der Waals surface area contributed by atoms with Gasteiger partial charge in [-0.3, -0.25) is 14.2 Å². The molecule has 7 heteroatoms. The summed E-state index contributed by atoms with van der Waals surface area (Å²) in [7, 11) is 0. The van der Waals surface area contributed by atoms with Gasteiger partial charge in [0.2, 0.25) is 5.91 Å². The molecule has 1 aliphatic rings. The number of carbonyl (C=O) groups excluding carboxylic acids is 1. The third-order valence-corrected chi connectivity index (χ3v) is 5.68. The molecule has 23 heavy (non-hydrogen) atoms. The van der Waals surface area contributed by atoms with Gasteiger partial charge in [-0.25, -0.2) is 4.98 Å². The van der Waals surface area contributed by atoms with E-state index in [1.54, 1.807) is 29.4 Å². The Morgan fingerprint density at radius 3 is 3.00 bits per heavy atom. The monoisotopic (exact) mass is 347 g/mol. The fourth-order valence-corrected chi connectivity index (χ4v) is 4.04. The lowest BCUT2D eigenvalue weighted by molar-refractivity contribution is -0.119. The lowest BCUT2D eigenvalue weighted by Crippen LogP contribution is -2.37. The average molecular weight is 347 g/mol. The fourth-order valence-electron chi connectivity index (χ4n) is 2.44. The molecule has 0 unspecified atom stereocenters. The molecule has 1 aliphatic heterocycles. The summed E-state index contributed by atoms with van der Waals surface area (Å²) in [5.74, 6) is 0.324. The molecule has 0 fully saturated rings. The summed E-state index contributed by atoms with van der Waals surface area (Å²) in [6.07, 6.45) is 3.57. The molecule has 2 aromatic rings. The topological polar surface area (TPSA) is 64.0 Å². The molecule has 0 saturated heterocycles. The number of aryl methyl sites for hydroxylation is 1. The van der Waals surface area contributed by atoms with Crippen molar-refractivity contribution in [2.45, 2.75) is 23.5 Å². The van der Waals surface area contributed by atoms with Gasteiger partial charge in [-0.05, 0) is 25.3 Å². The van der Waals surface area contributed by atoms with Gasteiger partial charge in [-0.15, -0.1) is 11.8 Å². The number of rotatable bonds is 3. The number of hydrogen-bond donors (Lipinski definition) is 1. The van der Waals surface area contributed by atoms with E-state index in [0.29, 0.717) is 23.0 Å². The van der Waals surface area contributed by atoms with Crippen LogP contribution in [-0.2, 0) is 11.3 Å². The van der Waals surface area contributed by atoms with Gasteiger partial charge in [-0.2, -0.15) is 0 Å². The van der Waals surface area contributed by atoms with E-state index in [-0.39, 0.29) is 17.4 Å². The standard InChI is InChI=1S/C16H17N3O2S2/c1-10-7-17-16-19(15(10)21)8-11(9-23-16)14(20)18-12-5-3-4-6-13(12)22-2/h3-7,11H,8-9H2,1-2H3,(H,18,20)/t11-/m0/s1. The van der Waals surface area contributed by atoms with Crippen LogP contribution in [0, 0.1) is 12.8 Å². The quantitative estimate of drug-likeness (QED) is 0.683. The minimum atomic E-state index is -0.247. The van der Waals surface area contributed by atoms with Crippen LogP contribution in [0.3, 0.4) is 0 Å². The van der Waals surface area contributed by atoms with E-state index in [2.05, 4.69) is 10.3 Å². The van der Waals surface area contributed by atoms with Gasteiger partial charge in [0.05, 0.1) is 11.6 Å². The van der Waals surface area contributed by atoms with Crippen LogP contribution in [0.2, 0.25) is 0 Å². The van der Waals surface area contributed by atoms with Crippen molar-refractivity contribution in [1.82, 2.24) is 9.55 Å². The highest BCUT2D eigenvalue weighted by Gasteiger charge is 2.27. The van der Waals surface area contributed by atoms with E-state index >= 15 is 0 Å². The Morgan fingerprint density at radius 1 is 1.43 bits per heavy atom. The van der Waals surface area contributed by atoms with Crippen molar-refractivity contribution in [1.29, 1.82) is 0 Å². The Bertz CT molecular complexity index is 804. The number of nitrogens with one attached hydrogen (secondary N) is 1. The second-order valence-corrected chi connectivity index (χ2v) is 7.17. The number of hydrogen-bond acceptors (Lipinski definition) is 5. The molecule has 1 amide bonds. The van der Waals surface area contributed by atoms with E-state index in [1.807, 2.05) is 30.5 Å². The van der Waals surface area contributed by atoms with Crippen LogP contribution < -0.4 is 10.9 Å². The second kappa shape index (κ2) is 6.80. The Balaban J connectivity index is 1.79. The van der Waals surface area contributed by atoms with E-state index in [9.17, 15) is 9.59 Å². The Labute approximate surface area is 142 Å². The van der Waals surface area contributed by atoms with Gasteiger partial charge < -0.3 is 5.32 Å². The highest BCUT2D eigenvalue weighted by Crippen LogP contribution is 2.28. The van der Waals surface area contributed by atoms with Crippen LogP contribution in [0.1, 0.15) is 5.56 Å². The normalized spacial score (nSPS) is 16.7. The first kappa shape index (κ1) is 16.1. The highest BCUT2D eigenvalue weighted by atomic mass is 32.2. The molecule has 0 aliphatic carbocycles. The van der Waals surface area contributed by atoms with Crippen molar-refractivity contribution in [2.75, 3.05) is 17.3 Å². The Morgan fingerprint density at radius 2 is 2.22 bits per heavy atom. The summed E-state index contributed by atoms with van der Waals surface area (Å²) < 4.78 is 1.61. The highest BCUT2D eigenvalue weighted by molar-refractivity contribution is 7.99. The maximum Gasteiger partial charge on any atom is 0.257 e. The molecule has 1 atom stereocenters. The summed E-state index contributed by atoms with van der Waals surface area (Å²) in [5, 5.41) is 3.68. The van der Waals surface area contributed by atoms with Crippen molar-refractivity contribution in [3.63, 3.8) is 0 Å². The Kier molecular flexibility index (Phi) is 4.77. The molecule has 120 valence electrons. The molecule has 1 aromatic heterocycles. The van der Waals surface area contributed by atoms with Gasteiger partial charge >= 0.3 is 0 Å². The molecule has 0 saturated carbocycles. The maximum absolute atomic E-state index is 12.6. The molecule has 2 heterocycles. The summed E-state index contributed by atoms with van der Waals surface area (Å²) in [4.78, 5) is 30.1. The van der Waals surface area contributed by atoms with Gasteiger partial charge in [0.15, 0.2) is 5.16 Å². The van der Waals surface area contributed by atoms with E-state index < -0.39 is 0 Å². The molecule has 3 rings (SSSR count). The van der Waals surface area contributed by atoms with E-state index in [4.69, 9.17) is 0 Å². The summed E-state index contributed by atoms with van der Waals surface area (Å²) in [6, 6.07) is 7.72. The lowest BCUT2D eigenvalue weighted by Gasteiger charge is -2.24. The number of fused-ring (bicyclic) bond motifs is 1. The number of para-hydroxylation sites is 1. The minimum absolute atomic E-state index is 0.0574. The average Bonchev–Trinajstić information content (AvgIpc) is 2.58. The molecule has 1 N–H and O–H groups in total. The summed E-state index contributed by atoms with van der Waals surface area (Å²) >= 11 is 3.05. The third kappa shape index (κ3) is 3.30. The van der Waals surface area contributed by atoms with Crippen molar-refractivity contribution in [3.05, 3.63) is 46.4 Å². The zero-order valence-electron chi connectivity index (χ0n) is 12.9. The molecule has 1 aromatic carbocycles. The number of nitrogens with zero attached hydrogens (tertiary/aromatic N) is 2. The first-order valence-corrected chi connectivity index (χ1v) is 9.44. The number of anilines is 1. The van der Waals surface area contributed by atoms with Gasteiger partial charge in [0, 0.05) is 29.0 Å². The molecule has 5 nitrogen and oxygen atoms in total. The molecular formula is C16H17N3O2S2. The number of thioether (sulfide) groups is 2. The summed E-state index contributed by atoms with van der Waals surface area (Å²) in [6.45, 7) is 2.12. The minimum Gasteiger partial charge on any atom is -0.325 e. The smallest absolute Gasteiger partial charge is 0.257 e. The van der Waals surface area contributed by atoms with Crippen LogP contribution >= 0.6 is 23.5 Å². The number of amides is 1. The van der Waals surface area contributed by atoms with Crippen LogP contribution in [0.4, 0.5) is 5.69 Å². The summed E-state index contributed by atoms with van der Waals surface area (Å²) in [5.41, 5.74) is 1.35. The van der Waals surface area contributed by atoms with Crippen molar-refractivity contribution < 1.29 is 4.79 Å². The number of carbonyl (C=O) groups is 1. The van der Waals surface area contributed by atoms with Crippen molar-refractivity contribution in [2.24, 2.45) is 5.92 Å². The zero-order valence-corrected chi connectivity index (χ0v) is 14.5. The van der Waals surface area contributed by atoms with Crippen LogP contribution in [0.15, 0.2) is 45.3 Å². The van der Waals surface area contributed by atoms with Crippen LogP contribution in [0.5, 0.6) is 0 Å². The second-order valence-electron chi connectivity index (χ2n) is 5.34. The lowest BCUT2D eigenvalue weighted by atomic mass is 10.1. The van der Waals surface area contributed by atoms with E-state index in [1.165, 1.54) is 11.8 Å².